The molecule has 0 aliphatic rings. The van der Waals surface area contributed by atoms with Crippen LogP contribution in [0, 0.1) is 0 Å². The highest BCUT2D eigenvalue weighted by Gasteiger charge is 2.03. The molecule has 0 aliphatic carbocycles. The van der Waals surface area contributed by atoms with Crippen molar-refractivity contribution in [3.8, 4) is 0 Å². The predicted octanol–water partition coefficient (Wildman–Crippen LogP) is 0.251. The molecule has 74 valence electrons. The fourth-order valence-corrected chi connectivity index (χ4v) is 0.880. The number of carboxylic acid groups (broad SMARTS) is 1. The number of benzene rings is 1. The van der Waals surface area contributed by atoms with Gasteiger partial charge in [0, 0.05) is 0 Å². The lowest BCUT2D eigenvalue weighted by atomic mass is 10.3. The van der Waals surface area contributed by atoms with E-state index >= 15 is 0 Å². The number of nitrogens with two attached hydrogens (primary N) is 2. The first-order chi connectivity index (χ1) is 6.61. The topological polar surface area (TPSA) is 92.6 Å². The summed E-state index contributed by atoms with van der Waals surface area (Å²) in [4.78, 5) is 10.4. The van der Waals surface area contributed by atoms with Gasteiger partial charge in [0.1, 0.15) is 5.70 Å². The minimum absolute atomic E-state index is 0.309. The van der Waals surface area contributed by atoms with E-state index in [9.17, 15) is 4.79 Å². The average Bonchev–Trinajstić information content (AvgIpc) is 2.19. The van der Waals surface area contributed by atoms with Gasteiger partial charge in [-0.25, -0.2) is 10.6 Å². The maximum atomic E-state index is 10.4. The molecule has 1 aromatic carbocycles. The van der Waals surface area contributed by atoms with Crippen molar-refractivity contribution in [3.63, 3.8) is 0 Å². The smallest absolute Gasteiger partial charge is 0.353 e. The fourth-order valence-electron chi connectivity index (χ4n) is 0.880. The Labute approximate surface area is 81.2 Å². The van der Waals surface area contributed by atoms with Crippen LogP contribution in [-0.2, 0) is 4.79 Å². The number of hydrazine groups is 1. The fraction of sp³-hybridized carbons (Fsp3) is 0. The number of rotatable bonds is 3. The summed E-state index contributed by atoms with van der Waals surface area (Å²) in [6.07, 6.45) is 1.15. The van der Waals surface area contributed by atoms with Crippen LogP contribution < -0.4 is 16.6 Å². The van der Waals surface area contributed by atoms with Gasteiger partial charge in [0.05, 0.1) is 11.9 Å². The van der Waals surface area contributed by atoms with Gasteiger partial charge in [0.15, 0.2) is 0 Å². The number of aliphatic carboxylic acids is 1. The van der Waals surface area contributed by atoms with Gasteiger partial charge in [-0.15, -0.1) is 0 Å². The quantitative estimate of drug-likeness (QED) is 0.363. The predicted molar refractivity (Wildman–Crippen MR) is 53.0 cm³/mol. The average molecular weight is 193 g/mol. The van der Waals surface area contributed by atoms with E-state index in [1.165, 1.54) is 0 Å². The summed E-state index contributed by atoms with van der Waals surface area (Å²) < 4.78 is 0. The number of nitrogens with zero attached hydrogens (tertiary/aromatic N) is 1. The maximum absolute atomic E-state index is 10.4. The summed E-state index contributed by atoms with van der Waals surface area (Å²) in [6.45, 7) is 0. The van der Waals surface area contributed by atoms with Crippen molar-refractivity contribution >= 4 is 11.7 Å². The van der Waals surface area contributed by atoms with Crippen LogP contribution in [0.25, 0.3) is 0 Å². The Hall–Kier alpha value is -2.01. The molecule has 0 heterocycles. The van der Waals surface area contributed by atoms with Gasteiger partial charge in [0.25, 0.3) is 0 Å². The third-order valence-electron chi connectivity index (χ3n) is 1.58. The molecule has 1 aromatic rings. The highest BCUT2D eigenvalue weighted by molar-refractivity contribution is 5.85. The van der Waals surface area contributed by atoms with Crippen LogP contribution >= 0.6 is 0 Å². The van der Waals surface area contributed by atoms with E-state index in [1.807, 2.05) is 6.07 Å². The molecular weight excluding hydrogens is 182 g/mol. The molecule has 0 radical (unpaired) electrons. The minimum Gasteiger partial charge on any atom is -0.477 e. The van der Waals surface area contributed by atoms with E-state index in [4.69, 9.17) is 16.7 Å². The number of hydrogen-bond donors (Lipinski definition) is 3. The van der Waals surface area contributed by atoms with Gasteiger partial charge in [-0.1, -0.05) is 18.2 Å². The van der Waals surface area contributed by atoms with Gasteiger partial charge in [0.2, 0.25) is 0 Å². The monoisotopic (exact) mass is 193 g/mol. The Bertz CT molecular complexity index is 348. The van der Waals surface area contributed by atoms with E-state index < -0.39 is 5.97 Å². The standard InChI is InChI=1S/C9H11N3O2/c10-8(9(13)14)6-12(11)7-4-2-1-3-5-7/h1-6H,10-11H2,(H,13,14)/b8-6-. The molecule has 14 heavy (non-hydrogen) atoms. The number of hydrogen-bond acceptors (Lipinski definition) is 4. The van der Waals surface area contributed by atoms with E-state index in [-0.39, 0.29) is 5.70 Å². The minimum atomic E-state index is -1.20. The van der Waals surface area contributed by atoms with Crippen LogP contribution in [0.2, 0.25) is 0 Å². The third-order valence-corrected chi connectivity index (χ3v) is 1.58. The molecule has 0 saturated heterocycles. The second kappa shape index (κ2) is 4.29. The van der Waals surface area contributed by atoms with Gasteiger partial charge < -0.3 is 10.8 Å². The summed E-state index contributed by atoms with van der Waals surface area (Å²) >= 11 is 0. The molecule has 0 aromatic heterocycles. The Kier molecular flexibility index (Phi) is 3.09. The molecule has 0 atom stereocenters. The molecule has 0 unspecified atom stereocenters. The van der Waals surface area contributed by atoms with Crippen LogP contribution in [-0.4, -0.2) is 11.1 Å². The lowest BCUT2D eigenvalue weighted by Crippen LogP contribution is -2.27. The Morgan fingerprint density at radius 2 is 1.93 bits per heavy atom. The van der Waals surface area contributed by atoms with Gasteiger partial charge >= 0.3 is 5.97 Å². The zero-order chi connectivity index (χ0) is 10.6. The molecule has 5 nitrogen and oxygen atoms in total. The molecule has 0 spiro atoms. The summed E-state index contributed by atoms with van der Waals surface area (Å²) in [7, 11) is 0. The van der Waals surface area contributed by atoms with Crippen LogP contribution in [0.4, 0.5) is 5.69 Å². The molecule has 0 fully saturated rings. The Morgan fingerprint density at radius 3 is 2.43 bits per heavy atom. The van der Waals surface area contributed by atoms with Crippen molar-refractivity contribution < 1.29 is 9.90 Å². The van der Waals surface area contributed by atoms with Crippen molar-refractivity contribution in [2.24, 2.45) is 11.6 Å². The summed E-state index contributed by atoms with van der Waals surface area (Å²) in [5.41, 5.74) is 5.55. The zero-order valence-corrected chi connectivity index (χ0v) is 7.42. The van der Waals surface area contributed by atoms with Crippen molar-refractivity contribution in [1.82, 2.24) is 0 Å². The number of carbonyl (C=O) groups is 1. The molecule has 1 rings (SSSR count). The zero-order valence-electron chi connectivity index (χ0n) is 7.42. The van der Waals surface area contributed by atoms with Crippen LogP contribution in [0.1, 0.15) is 0 Å². The lowest BCUT2D eigenvalue weighted by molar-refractivity contribution is -0.132. The van der Waals surface area contributed by atoms with E-state index in [1.54, 1.807) is 24.3 Å². The highest BCUT2D eigenvalue weighted by Crippen LogP contribution is 2.09. The van der Waals surface area contributed by atoms with Crippen LogP contribution in [0.15, 0.2) is 42.2 Å². The molecule has 0 saturated carbocycles. The molecule has 0 bridgehead atoms. The molecule has 5 heteroatoms. The first-order valence-electron chi connectivity index (χ1n) is 3.91. The second-order valence-corrected chi connectivity index (χ2v) is 2.63. The molecule has 0 aliphatic heterocycles. The largest absolute Gasteiger partial charge is 0.477 e. The normalized spacial score (nSPS) is 11.1. The van der Waals surface area contributed by atoms with Gasteiger partial charge in [-0.05, 0) is 12.1 Å². The van der Waals surface area contributed by atoms with E-state index in [0.29, 0.717) is 5.69 Å². The number of carboxylic acids is 1. The van der Waals surface area contributed by atoms with E-state index in [0.717, 1.165) is 11.2 Å². The Balaban J connectivity index is 2.82. The van der Waals surface area contributed by atoms with Crippen molar-refractivity contribution in [2.75, 3.05) is 5.01 Å². The molecular formula is C9H11N3O2. The van der Waals surface area contributed by atoms with Crippen LogP contribution in [0.3, 0.4) is 0 Å². The van der Waals surface area contributed by atoms with Crippen LogP contribution in [0.5, 0.6) is 0 Å². The summed E-state index contributed by atoms with van der Waals surface area (Å²) in [5, 5.41) is 9.66. The van der Waals surface area contributed by atoms with Gasteiger partial charge in [-0.2, -0.15) is 0 Å². The maximum Gasteiger partial charge on any atom is 0.353 e. The van der Waals surface area contributed by atoms with Crippen molar-refractivity contribution in [2.45, 2.75) is 0 Å². The first kappa shape index (κ1) is 10.1. The third kappa shape index (κ3) is 2.49. The summed E-state index contributed by atoms with van der Waals surface area (Å²) in [6, 6.07) is 8.90. The van der Waals surface area contributed by atoms with E-state index in [2.05, 4.69) is 0 Å². The SMILES string of the molecule is N/C(=C\N(N)c1ccccc1)C(=O)O. The molecule has 0 amide bonds. The Morgan fingerprint density at radius 1 is 1.36 bits per heavy atom. The van der Waals surface area contributed by atoms with Crippen molar-refractivity contribution in [1.29, 1.82) is 0 Å². The number of anilines is 1. The lowest BCUT2D eigenvalue weighted by Gasteiger charge is -2.13. The van der Waals surface area contributed by atoms with Gasteiger partial charge in [-0.3, -0.25) is 5.01 Å². The first-order valence-corrected chi connectivity index (χ1v) is 3.91. The van der Waals surface area contributed by atoms with Crippen molar-refractivity contribution in [3.05, 3.63) is 42.2 Å². The number of para-hydroxylation sites is 1. The highest BCUT2D eigenvalue weighted by atomic mass is 16.4. The second-order valence-electron chi connectivity index (χ2n) is 2.63. The summed E-state index contributed by atoms with van der Waals surface area (Å²) in [5.74, 6) is 4.35. The molecule has 5 N–H and O–H groups in total.